The number of β-amino-alcohol motifs (C(OH)–C–C–N with tert-alkyl or cyclic N) is 1. The summed E-state index contributed by atoms with van der Waals surface area (Å²) in [6.45, 7) is 7.63. The number of hydrogen-bond acceptors (Lipinski definition) is 10. The number of Topliss-reactive ketones (excluding diaryl/α,β-unsaturated/α-hetero) is 2. The third kappa shape index (κ3) is 13.6. The van der Waals surface area contributed by atoms with Crippen LogP contribution in [0.15, 0.2) is 164 Å². The number of ketones is 2. The molecule has 3 saturated carbocycles. The number of carbonyl (C=O) groups is 2. The summed E-state index contributed by atoms with van der Waals surface area (Å²) in [7, 11) is 0. The Labute approximate surface area is 445 Å². The molecule has 0 spiro atoms. The van der Waals surface area contributed by atoms with E-state index >= 15 is 0 Å². The molecule has 6 N–H and O–H groups in total. The van der Waals surface area contributed by atoms with Gasteiger partial charge in [0.15, 0.2) is 11.6 Å². The number of alkyl halides is 1. The molecule has 12 rings (SSSR count). The van der Waals surface area contributed by atoms with Crippen molar-refractivity contribution in [2.24, 2.45) is 35.5 Å². The number of aliphatic hydroxyl groups excluding tert-OH is 1. The van der Waals surface area contributed by atoms with E-state index in [0.29, 0.717) is 53.2 Å². The van der Waals surface area contributed by atoms with Crippen molar-refractivity contribution in [1.29, 1.82) is 0 Å². The van der Waals surface area contributed by atoms with Gasteiger partial charge in [-0.25, -0.2) is 0 Å². The highest BCUT2D eigenvalue weighted by atomic mass is 79.9. The van der Waals surface area contributed by atoms with Crippen LogP contribution in [0.1, 0.15) is 99.4 Å². The number of nitrogens with zero attached hydrogens (tertiary/aromatic N) is 2. The molecule has 3 saturated heterocycles. The van der Waals surface area contributed by atoms with E-state index in [2.05, 4.69) is 104 Å². The molecule has 74 heavy (non-hydrogen) atoms. The molecule has 0 amide bonds. The molecule has 6 aromatic carbocycles. The smallest absolute Gasteiger partial charge is 0.176 e. The van der Waals surface area contributed by atoms with Crippen LogP contribution in [-0.2, 0) is 5.60 Å². The number of carbonyl (C=O) groups excluding carboxylic acids is 2. The molecule has 0 radical (unpaired) electrons. The summed E-state index contributed by atoms with van der Waals surface area (Å²) in [5.74, 6) is 6.53. The predicted molar refractivity (Wildman–Crippen MR) is 295 cm³/mol. The third-order valence-electron chi connectivity index (χ3n) is 16.8. The van der Waals surface area contributed by atoms with Gasteiger partial charge in [0.2, 0.25) is 0 Å². The number of aromatic hydroxyl groups is 3. The van der Waals surface area contributed by atoms with Crippen LogP contribution >= 0.6 is 15.9 Å². The first kappa shape index (κ1) is 53.2. The summed E-state index contributed by atoms with van der Waals surface area (Å²) in [5, 5.41) is 52.4. The maximum absolute atomic E-state index is 12.4. The minimum absolute atomic E-state index is 0.0185. The lowest BCUT2D eigenvalue weighted by Crippen LogP contribution is -2.29. The van der Waals surface area contributed by atoms with Crippen LogP contribution in [-0.4, -0.2) is 105 Å². The fourth-order valence-electron chi connectivity index (χ4n) is 13.0. The van der Waals surface area contributed by atoms with Gasteiger partial charge in [0, 0.05) is 43.9 Å². The minimum Gasteiger partial charge on any atom is -0.508 e. The number of likely N-dealkylation sites (tertiary alicyclic amines) is 2. The second kappa shape index (κ2) is 24.8. The monoisotopic (exact) mass is 1060 g/mol. The van der Waals surface area contributed by atoms with Gasteiger partial charge in [-0.05, 0) is 182 Å². The van der Waals surface area contributed by atoms with Gasteiger partial charge in [0.05, 0.1) is 23.6 Å². The minimum atomic E-state index is -0.557. The van der Waals surface area contributed by atoms with Gasteiger partial charge in [-0.15, -0.1) is 0 Å². The Balaban J connectivity index is 0.000000127. The van der Waals surface area contributed by atoms with E-state index in [1.54, 1.807) is 48.5 Å². The molecule has 4 unspecified atom stereocenters. The van der Waals surface area contributed by atoms with Crippen LogP contribution in [0.4, 0.5) is 0 Å². The van der Waals surface area contributed by atoms with Crippen LogP contribution in [0, 0.1) is 35.5 Å². The molecule has 10 atom stereocenters. The molecule has 3 aliphatic heterocycles. The zero-order valence-corrected chi connectivity index (χ0v) is 43.8. The summed E-state index contributed by atoms with van der Waals surface area (Å²) in [4.78, 5) is 28.1. The Morgan fingerprint density at radius 2 is 0.919 bits per heavy atom. The van der Waals surface area contributed by atoms with Crippen molar-refractivity contribution in [3.05, 3.63) is 197 Å². The molecule has 6 aromatic rings. The maximum Gasteiger partial charge on any atom is 0.176 e. The molecular weight excluding hydrogens is 991 g/mol. The van der Waals surface area contributed by atoms with Crippen molar-refractivity contribution in [2.75, 3.05) is 57.7 Å². The zero-order chi connectivity index (χ0) is 51.6. The van der Waals surface area contributed by atoms with Gasteiger partial charge in [0.1, 0.15) is 17.2 Å². The molecule has 11 heteroatoms. The number of phenolic OH excluding ortho intramolecular Hbond substituents is 3. The standard InChI is InChI=1S/C21H25NO2.C21H23NO2.C13H17NO.C8H7BrO2/c2*23-20-8-6-16(7-9-20)21(24)14-22-12-18-10-17(11-19(18)13-22)15-4-2-1-3-5-15;15-13(12-4-2-1-3-5-12)6-10-8-14-9-11(10)7-13;9-5-8(11)6-1-3-7(10)4-2-6/h1-9,17-19,21,23-24H,10-14H2;1-9,17-19,23H,10-14H2;1-5,10-11,14-15H,6-9H2;1-4,10H,5H2/t17?,18-,19+,21?;17?,18-,19+;10-,11+,13?;. The highest BCUT2D eigenvalue weighted by Crippen LogP contribution is 2.49. The van der Waals surface area contributed by atoms with Crippen LogP contribution in [0.3, 0.4) is 0 Å². The number of hydrogen-bond donors (Lipinski definition) is 6. The Hall–Kier alpha value is -5.66. The van der Waals surface area contributed by atoms with E-state index < -0.39 is 11.7 Å². The summed E-state index contributed by atoms with van der Waals surface area (Å²) in [5.41, 5.74) is 5.68. The van der Waals surface area contributed by atoms with Crippen molar-refractivity contribution in [2.45, 2.75) is 62.1 Å². The van der Waals surface area contributed by atoms with Crippen LogP contribution in [0.2, 0.25) is 0 Å². The number of aliphatic hydroxyl groups is 2. The Morgan fingerprint density at radius 1 is 0.527 bits per heavy atom. The first-order chi connectivity index (χ1) is 35.9. The average molecular weight is 1060 g/mol. The molecule has 6 aliphatic rings. The first-order valence-corrected chi connectivity index (χ1v) is 27.7. The summed E-state index contributed by atoms with van der Waals surface area (Å²) in [6.07, 6.45) is 6.43. The number of rotatable bonds is 11. The highest BCUT2D eigenvalue weighted by Gasteiger charge is 2.47. The average Bonchev–Trinajstić information content (AvgIpc) is 4.29. The molecular formula is C63H72BrN3O7. The van der Waals surface area contributed by atoms with Gasteiger partial charge < -0.3 is 30.8 Å². The highest BCUT2D eigenvalue weighted by molar-refractivity contribution is 9.09. The van der Waals surface area contributed by atoms with E-state index in [1.165, 1.54) is 48.9 Å². The lowest BCUT2D eigenvalue weighted by Gasteiger charge is -2.24. The van der Waals surface area contributed by atoms with Gasteiger partial charge in [-0.2, -0.15) is 0 Å². The third-order valence-corrected chi connectivity index (χ3v) is 17.3. The van der Waals surface area contributed by atoms with Gasteiger partial charge in [-0.1, -0.05) is 119 Å². The number of halogens is 1. The molecule has 3 aliphatic carbocycles. The number of benzene rings is 6. The number of phenols is 3. The fraction of sp³-hybridized carbons (Fsp3) is 0.397. The summed E-state index contributed by atoms with van der Waals surface area (Å²) < 4.78 is 0. The maximum atomic E-state index is 12.4. The van der Waals surface area contributed by atoms with E-state index in [9.17, 15) is 30.0 Å². The second-order valence-corrected chi connectivity index (χ2v) is 22.3. The lowest BCUT2D eigenvalue weighted by molar-refractivity contribution is 0.0358. The molecule has 10 nitrogen and oxygen atoms in total. The molecule has 6 fully saturated rings. The summed E-state index contributed by atoms with van der Waals surface area (Å²) >= 11 is 3.06. The number of nitrogens with one attached hydrogen (secondary N) is 1. The molecule has 0 aromatic heterocycles. The van der Waals surface area contributed by atoms with Crippen molar-refractivity contribution in [1.82, 2.24) is 15.1 Å². The normalized spacial score (nSPS) is 27.0. The SMILES string of the molecule is O=C(CBr)c1ccc(O)cc1.O=C(CN1C[C@H]2CC(c3ccccc3)C[C@H]2C1)c1ccc(O)cc1.OC1(c2ccccc2)C[C@H]2CNC[C@H]2C1.Oc1ccc(C(O)CN2C[C@H]3CC(c4ccccc4)C[C@H]3C2)cc1. The van der Waals surface area contributed by atoms with Crippen LogP contribution in [0.25, 0.3) is 0 Å². The second-order valence-electron chi connectivity index (χ2n) is 21.8. The topological polar surface area (TPSA) is 154 Å². The number of fused-ring (bicyclic) bond motifs is 3. The quantitative estimate of drug-likeness (QED) is 0.0546. The van der Waals surface area contributed by atoms with E-state index in [1.807, 2.05) is 30.3 Å². The van der Waals surface area contributed by atoms with E-state index in [-0.39, 0.29) is 28.8 Å². The lowest BCUT2D eigenvalue weighted by atomic mass is 9.91. The Morgan fingerprint density at radius 3 is 1.35 bits per heavy atom. The van der Waals surface area contributed by atoms with E-state index in [4.69, 9.17) is 5.11 Å². The molecule has 0 bridgehead atoms. The van der Waals surface area contributed by atoms with Crippen LogP contribution < -0.4 is 5.32 Å². The first-order valence-electron chi connectivity index (χ1n) is 26.6. The molecule has 3 heterocycles. The van der Waals surface area contributed by atoms with Crippen molar-refractivity contribution in [3.8, 4) is 17.2 Å². The fourth-order valence-corrected chi connectivity index (χ4v) is 13.3. The van der Waals surface area contributed by atoms with Crippen molar-refractivity contribution < 1.29 is 35.1 Å². The predicted octanol–water partition coefficient (Wildman–Crippen LogP) is 10.7. The van der Waals surface area contributed by atoms with Crippen molar-refractivity contribution >= 4 is 27.5 Å². The molecule has 388 valence electrons. The Bertz CT molecular complexity index is 2670. The Kier molecular flexibility index (Phi) is 17.8. The largest absolute Gasteiger partial charge is 0.508 e. The van der Waals surface area contributed by atoms with Crippen molar-refractivity contribution in [3.63, 3.8) is 0 Å². The van der Waals surface area contributed by atoms with Crippen LogP contribution in [0.5, 0.6) is 17.2 Å². The van der Waals surface area contributed by atoms with E-state index in [0.717, 1.165) is 86.9 Å². The summed E-state index contributed by atoms with van der Waals surface area (Å²) in [6, 6.07) is 51.5. The van der Waals surface area contributed by atoms with Gasteiger partial charge in [0.25, 0.3) is 0 Å². The van der Waals surface area contributed by atoms with Gasteiger partial charge in [-0.3, -0.25) is 19.4 Å². The zero-order valence-electron chi connectivity index (χ0n) is 42.2. The van der Waals surface area contributed by atoms with Gasteiger partial charge >= 0.3 is 0 Å².